The van der Waals surface area contributed by atoms with Gasteiger partial charge in [0.05, 0.1) is 12.3 Å². The number of aliphatic hydroxyl groups excluding tert-OH is 1. The van der Waals surface area contributed by atoms with Crippen molar-refractivity contribution >= 4 is 0 Å². The van der Waals surface area contributed by atoms with Crippen molar-refractivity contribution in [2.24, 2.45) is 5.92 Å². The zero-order valence-corrected chi connectivity index (χ0v) is 12.2. The van der Waals surface area contributed by atoms with E-state index in [0.717, 1.165) is 13.0 Å². The normalized spacial score (nSPS) is 16.8. The van der Waals surface area contributed by atoms with Crippen molar-refractivity contribution in [3.63, 3.8) is 0 Å². The fourth-order valence-corrected chi connectivity index (χ4v) is 2.02. The smallest absolute Gasteiger partial charge is 0.0537 e. The summed E-state index contributed by atoms with van der Waals surface area (Å²) in [6.45, 7) is 11.3. The first kappa shape index (κ1) is 15.2. The van der Waals surface area contributed by atoms with Gasteiger partial charge in [-0.05, 0) is 46.6 Å². The number of nitrogens with zero attached hydrogens (tertiary/aromatic N) is 2. The lowest BCUT2D eigenvalue weighted by atomic mass is 10.0. The van der Waals surface area contributed by atoms with Crippen LogP contribution < -0.4 is 5.32 Å². The lowest BCUT2D eigenvalue weighted by molar-refractivity contribution is 0.162. The summed E-state index contributed by atoms with van der Waals surface area (Å²) < 4.78 is 1.98. The first-order valence-electron chi connectivity index (χ1n) is 6.85. The Morgan fingerprint density at radius 3 is 2.44 bits per heavy atom. The third-order valence-corrected chi connectivity index (χ3v) is 3.17. The monoisotopic (exact) mass is 253 g/mol. The van der Waals surface area contributed by atoms with Gasteiger partial charge in [-0.3, -0.25) is 4.68 Å². The number of nitrogens with one attached hydrogen (secondary N) is 1. The molecular weight excluding hydrogens is 226 g/mol. The second-order valence-electron chi connectivity index (χ2n) is 5.67. The van der Waals surface area contributed by atoms with Crippen LogP contribution in [0.15, 0.2) is 12.4 Å². The van der Waals surface area contributed by atoms with Gasteiger partial charge >= 0.3 is 0 Å². The Kier molecular flexibility index (Phi) is 5.82. The number of hydrogen-bond acceptors (Lipinski definition) is 3. The molecule has 0 amide bonds. The van der Waals surface area contributed by atoms with Crippen LogP contribution in [-0.2, 0) is 0 Å². The largest absolute Gasteiger partial charge is 0.393 e. The molecule has 0 fully saturated rings. The van der Waals surface area contributed by atoms with Gasteiger partial charge in [0.2, 0.25) is 0 Å². The fourth-order valence-electron chi connectivity index (χ4n) is 2.02. The van der Waals surface area contributed by atoms with Crippen LogP contribution in [0.3, 0.4) is 0 Å². The zero-order valence-electron chi connectivity index (χ0n) is 12.2. The van der Waals surface area contributed by atoms with Gasteiger partial charge in [-0.25, -0.2) is 0 Å². The molecule has 0 radical (unpaired) electrons. The molecule has 2 N–H and O–H groups in total. The predicted octanol–water partition coefficient (Wildman–Crippen LogP) is 2.52. The third kappa shape index (κ3) is 4.78. The highest BCUT2D eigenvalue weighted by atomic mass is 16.3. The van der Waals surface area contributed by atoms with Crippen LogP contribution in [0.1, 0.15) is 58.7 Å². The van der Waals surface area contributed by atoms with Gasteiger partial charge in [-0.2, -0.15) is 5.10 Å². The predicted molar refractivity (Wildman–Crippen MR) is 74.5 cm³/mol. The van der Waals surface area contributed by atoms with E-state index in [-0.39, 0.29) is 6.10 Å². The van der Waals surface area contributed by atoms with E-state index in [1.807, 2.05) is 17.8 Å². The van der Waals surface area contributed by atoms with Gasteiger partial charge in [0.1, 0.15) is 0 Å². The van der Waals surface area contributed by atoms with E-state index in [2.05, 4.69) is 44.3 Å². The van der Waals surface area contributed by atoms with Crippen molar-refractivity contribution in [2.75, 3.05) is 6.54 Å². The van der Waals surface area contributed by atoms with Crippen molar-refractivity contribution in [3.05, 3.63) is 18.0 Å². The average molecular weight is 253 g/mol. The summed E-state index contributed by atoms with van der Waals surface area (Å²) in [5, 5.41) is 17.2. The highest BCUT2D eigenvalue weighted by molar-refractivity contribution is 5.09. The average Bonchev–Trinajstić information content (AvgIpc) is 2.74. The maximum absolute atomic E-state index is 9.33. The van der Waals surface area contributed by atoms with Gasteiger partial charge in [-0.1, -0.05) is 6.92 Å². The molecule has 3 unspecified atom stereocenters. The Bertz CT molecular complexity index is 347. The van der Waals surface area contributed by atoms with Crippen molar-refractivity contribution in [3.8, 4) is 0 Å². The highest BCUT2D eigenvalue weighted by Crippen LogP contribution is 2.14. The molecule has 0 aliphatic rings. The highest BCUT2D eigenvalue weighted by Gasteiger charge is 2.11. The zero-order chi connectivity index (χ0) is 13.7. The van der Waals surface area contributed by atoms with E-state index in [1.54, 1.807) is 0 Å². The van der Waals surface area contributed by atoms with Crippen LogP contribution in [0.2, 0.25) is 0 Å². The molecule has 1 rings (SSSR count). The maximum Gasteiger partial charge on any atom is 0.0537 e. The first-order valence-corrected chi connectivity index (χ1v) is 6.85. The van der Waals surface area contributed by atoms with Crippen LogP contribution in [0, 0.1) is 5.92 Å². The SMILES string of the molecule is CC(O)CC(C)CNC(C)c1cnn(C(C)C)c1. The summed E-state index contributed by atoms with van der Waals surface area (Å²) in [6.07, 6.45) is 4.64. The van der Waals surface area contributed by atoms with Crippen LogP contribution in [-0.4, -0.2) is 27.5 Å². The van der Waals surface area contributed by atoms with Gasteiger partial charge in [-0.15, -0.1) is 0 Å². The Morgan fingerprint density at radius 2 is 1.94 bits per heavy atom. The maximum atomic E-state index is 9.33. The quantitative estimate of drug-likeness (QED) is 0.785. The summed E-state index contributed by atoms with van der Waals surface area (Å²) in [6, 6.07) is 0.703. The number of rotatable bonds is 7. The number of aromatic nitrogens is 2. The Morgan fingerprint density at radius 1 is 1.28 bits per heavy atom. The van der Waals surface area contributed by atoms with Crippen LogP contribution in [0.4, 0.5) is 0 Å². The molecule has 0 bridgehead atoms. The lowest BCUT2D eigenvalue weighted by Crippen LogP contribution is -2.26. The molecule has 0 saturated carbocycles. The molecule has 1 aromatic rings. The molecule has 0 spiro atoms. The molecule has 4 heteroatoms. The molecule has 0 saturated heterocycles. The Labute approximate surface area is 110 Å². The standard InChI is InChI=1S/C14H27N3O/c1-10(2)17-9-14(8-16-17)13(5)15-7-11(3)6-12(4)18/h8-13,15,18H,6-7H2,1-5H3. The van der Waals surface area contributed by atoms with Crippen molar-refractivity contribution in [1.82, 2.24) is 15.1 Å². The minimum absolute atomic E-state index is 0.221. The van der Waals surface area contributed by atoms with E-state index in [1.165, 1.54) is 5.56 Å². The fraction of sp³-hybridized carbons (Fsp3) is 0.786. The molecule has 1 aromatic heterocycles. The van der Waals surface area contributed by atoms with Gasteiger partial charge < -0.3 is 10.4 Å². The van der Waals surface area contributed by atoms with Gasteiger partial charge in [0.15, 0.2) is 0 Å². The molecular formula is C14H27N3O. The van der Waals surface area contributed by atoms with E-state index >= 15 is 0 Å². The molecule has 4 nitrogen and oxygen atoms in total. The van der Waals surface area contributed by atoms with Crippen LogP contribution in [0.5, 0.6) is 0 Å². The molecule has 1 heterocycles. The topological polar surface area (TPSA) is 50.1 Å². The van der Waals surface area contributed by atoms with E-state index in [9.17, 15) is 5.11 Å². The third-order valence-electron chi connectivity index (χ3n) is 3.17. The second kappa shape index (κ2) is 6.90. The minimum Gasteiger partial charge on any atom is -0.393 e. The lowest BCUT2D eigenvalue weighted by Gasteiger charge is -2.18. The Balaban J connectivity index is 2.42. The molecule has 3 atom stereocenters. The summed E-state index contributed by atoms with van der Waals surface area (Å²) in [5.74, 6) is 0.479. The van der Waals surface area contributed by atoms with Crippen molar-refractivity contribution in [1.29, 1.82) is 0 Å². The molecule has 0 aliphatic heterocycles. The summed E-state index contributed by atoms with van der Waals surface area (Å²) in [7, 11) is 0. The second-order valence-corrected chi connectivity index (χ2v) is 5.67. The van der Waals surface area contributed by atoms with Gasteiger partial charge in [0.25, 0.3) is 0 Å². The summed E-state index contributed by atoms with van der Waals surface area (Å²) in [5.41, 5.74) is 1.22. The number of aliphatic hydroxyl groups is 1. The first-order chi connectivity index (χ1) is 8.40. The molecule has 0 aromatic carbocycles. The molecule has 104 valence electrons. The minimum atomic E-state index is -0.221. The van der Waals surface area contributed by atoms with E-state index < -0.39 is 0 Å². The van der Waals surface area contributed by atoms with Crippen molar-refractivity contribution in [2.45, 2.75) is 59.2 Å². The van der Waals surface area contributed by atoms with Gasteiger partial charge in [0, 0.05) is 23.8 Å². The van der Waals surface area contributed by atoms with E-state index in [0.29, 0.717) is 18.0 Å². The molecule has 18 heavy (non-hydrogen) atoms. The Hall–Kier alpha value is -0.870. The van der Waals surface area contributed by atoms with E-state index in [4.69, 9.17) is 0 Å². The van der Waals surface area contributed by atoms with Crippen LogP contribution in [0.25, 0.3) is 0 Å². The van der Waals surface area contributed by atoms with Crippen LogP contribution >= 0.6 is 0 Å². The molecule has 0 aliphatic carbocycles. The summed E-state index contributed by atoms with van der Waals surface area (Å²) >= 11 is 0. The summed E-state index contributed by atoms with van der Waals surface area (Å²) in [4.78, 5) is 0. The van der Waals surface area contributed by atoms with Crippen molar-refractivity contribution < 1.29 is 5.11 Å². The number of hydrogen-bond donors (Lipinski definition) is 2.